The summed E-state index contributed by atoms with van der Waals surface area (Å²) in [5.74, 6) is -0.181. The van der Waals surface area contributed by atoms with Crippen molar-refractivity contribution in [1.29, 1.82) is 0 Å². The summed E-state index contributed by atoms with van der Waals surface area (Å²) in [5.41, 5.74) is 2.69. The number of nitrogens with zero attached hydrogens (tertiary/aromatic N) is 2. The van der Waals surface area contributed by atoms with Gasteiger partial charge in [-0.3, -0.25) is 14.2 Å². The lowest BCUT2D eigenvalue weighted by molar-refractivity contribution is -0.122. The van der Waals surface area contributed by atoms with E-state index in [2.05, 4.69) is 5.32 Å². The summed E-state index contributed by atoms with van der Waals surface area (Å²) in [4.78, 5) is 41.1. The first kappa shape index (κ1) is 20.6. The molecule has 0 atom stereocenters. The minimum Gasteiger partial charge on any atom is -0.352 e. The second-order valence-electron chi connectivity index (χ2n) is 8.29. The van der Waals surface area contributed by atoms with E-state index in [4.69, 9.17) is 0 Å². The van der Waals surface area contributed by atoms with Crippen molar-refractivity contribution in [2.24, 2.45) is 0 Å². The molecular weight excluding hydrogens is 398 g/mol. The molecule has 1 aliphatic rings. The summed E-state index contributed by atoms with van der Waals surface area (Å²) < 4.78 is 2.66. The SMILES string of the molecule is Cc1ccc(-n2c(=O)c3c(C)c(C)sc3n(CC(=O)NC3CCCC3)c2=O)cc1C. The number of benzene rings is 1. The Morgan fingerprint density at radius 3 is 2.47 bits per heavy atom. The Bertz CT molecular complexity index is 1260. The molecule has 158 valence electrons. The third kappa shape index (κ3) is 3.51. The molecule has 30 heavy (non-hydrogen) atoms. The molecule has 4 rings (SSSR count). The predicted molar refractivity (Wildman–Crippen MR) is 121 cm³/mol. The van der Waals surface area contributed by atoms with E-state index in [9.17, 15) is 14.4 Å². The van der Waals surface area contributed by atoms with Crippen LogP contribution in [0.2, 0.25) is 0 Å². The lowest BCUT2D eigenvalue weighted by atomic mass is 10.1. The normalized spacial score (nSPS) is 14.5. The number of fused-ring (bicyclic) bond motifs is 1. The zero-order valence-electron chi connectivity index (χ0n) is 17.9. The molecule has 2 heterocycles. The van der Waals surface area contributed by atoms with E-state index in [0.717, 1.165) is 47.3 Å². The van der Waals surface area contributed by atoms with Gasteiger partial charge in [0.25, 0.3) is 5.56 Å². The number of carbonyl (C=O) groups excluding carboxylic acids is 1. The highest BCUT2D eigenvalue weighted by molar-refractivity contribution is 7.18. The fourth-order valence-electron chi connectivity index (χ4n) is 4.18. The maximum atomic E-state index is 13.4. The van der Waals surface area contributed by atoms with Crippen LogP contribution in [0.3, 0.4) is 0 Å². The van der Waals surface area contributed by atoms with Crippen LogP contribution in [0.25, 0.3) is 15.9 Å². The zero-order valence-corrected chi connectivity index (χ0v) is 18.7. The molecule has 1 saturated carbocycles. The van der Waals surface area contributed by atoms with E-state index in [1.54, 1.807) is 6.07 Å². The first-order valence-corrected chi connectivity index (χ1v) is 11.2. The summed E-state index contributed by atoms with van der Waals surface area (Å²) in [5, 5.41) is 3.57. The number of rotatable bonds is 4. The van der Waals surface area contributed by atoms with Gasteiger partial charge in [-0.25, -0.2) is 9.36 Å². The van der Waals surface area contributed by atoms with Gasteiger partial charge in [0.15, 0.2) is 0 Å². The van der Waals surface area contributed by atoms with Crippen LogP contribution in [-0.4, -0.2) is 21.1 Å². The van der Waals surface area contributed by atoms with Crippen LogP contribution in [0.5, 0.6) is 0 Å². The van der Waals surface area contributed by atoms with Crippen molar-refractivity contribution in [1.82, 2.24) is 14.5 Å². The quantitative estimate of drug-likeness (QED) is 0.695. The minimum atomic E-state index is -0.474. The predicted octanol–water partition coefficient (Wildman–Crippen LogP) is 3.51. The molecule has 1 fully saturated rings. The minimum absolute atomic E-state index is 0.0870. The third-order valence-corrected chi connectivity index (χ3v) is 7.45. The van der Waals surface area contributed by atoms with Gasteiger partial charge < -0.3 is 5.32 Å². The monoisotopic (exact) mass is 425 g/mol. The highest BCUT2D eigenvalue weighted by Gasteiger charge is 2.23. The Hall–Kier alpha value is -2.67. The van der Waals surface area contributed by atoms with Crippen LogP contribution in [0.4, 0.5) is 0 Å². The average molecular weight is 426 g/mol. The summed E-state index contributed by atoms with van der Waals surface area (Å²) in [6.07, 6.45) is 4.21. The maximum Gasteiger partial charge on any atom is 0.337 e. The number of hydrogen-bond acceptors (Lipinski definition) is 4. The third-order valence-electron chi connectivity index (χ3n) is 6.22. The van der Waals surface area contributed by atoms with Crippen LogP contribution < -0.4 is 16.6 Å². The Kier molecular flexibility index (Phi) is 5.40. The Morgan fingerprint density at radius 1 is 1.10 bits per heavy atom. The highest BCUT2D eigenvalue weighted by Crippen LogP contribution is 2.27. The first-order chi connectivity index (χ1) is 14.3. The molecule has 0 saturated heterocycles. The molecule has 6 nitrogen and oxygen atoms in total. The lowest BCUT2D eigenvalue weighted by Gasteiger charge is -2.15. The second-order valence-corrected chi connectivity index (χ2v) is 9.49. The Labute approximate surface area is 179 Å². The first-order valence-electron chi connectivity index (χ1n) is 10.4. The second kappa shape index (κ2) is 7.87. The molecule has 0 bridgehead atoms. The van der Waals surface area contributed by atoms with Gasteiger partial charge in [-0.2, -0.15) is 0 Å². The fraction of sp³-hybridized carbons (Fsp3) is 0.435. The Morgan fingerprint density at radius 2 is 1.80 bits per heavy atom. The van der Waals surface area contributed by atoms with Crippen molar-refractivity contribution in [2.75, 3.05) is 0 Å². The smallest absolute Gasteiger partial charge is 0.337 e. The van der Waals surface area contributed by atoms with E-state index >= 15 is 0 Å². The van der Waals surface area contributed by atoms with Gasteiger partial charge in [-0.1, -0.05) is 18.9 Å². The summed E-state index contributed by atoms with van der Waals surface area (Å²) in [6.45, 7) is 7.69. The maximum absolute atomic E-state index is 13.4. The summed E-state index contributed by atoms with van der Waals surface area (Å²) in [6, 6.07) is 5.72. The average Bonchev–Trinajstić information content (AvgIpc) is 3.30. The van der Waals surface area contributed by atoms with Crippen LogP contribution >= 0.6 is 11.3 Å². The summed E-state index contributed by atoms with van der Waals surface area (Å²) >= 11 is 1.40. The Balaban J connectivity index is 1.89. The molecule has 1 aliphatic carbocycles. The van der Waals surface area contributed by atoms with Gasteiger partial charge in [0.1, 0.15) is 11.4 Å². The number of nitrogens with one attached hydrogen (secondary N) is 1. The van der Waals surface area contributed by atoms with Crippen molar-refractivity contribution in [3.8, 4) is 5.69 Å². The van der Waals surface area contributed by atoms with Gasteiger partial charge in [0.05, 0.1) is 11.1 Å². The number of aryl methyl sites for hydroxylation is 4. The molecule has 1 N–H and O–H groups in total. The van der Waals surface area contributed by atoms with Crippen molar-refractivity contribution in [3.05, 3.63) is 60.6 Å². The van der Waals surface area contributed by atoms with Crippen molar-refractivity contribution in [2.45, 2.75) is 66.0 Å². The lowest BCUT2D eigenvalue weighted by Crippen LogP contribution is -2.43. The van der Waals surface area contributed by atoms with Crippen LogP contribution in [-0.2, 0) is 11.3 Å². The standard InChI is InChI=1S/C23H27N3O3S/c1-13-9-10-18(11-14(13)2)26-21(28)20-15(3)16(4)30-22(20)25(23(26)29)12-19(27)24-17-7-5-6-8-17/h9-11,17H,5-8,12H2,1-4H3,(H,24,27). The topological polar surface area (TPSA) is 73.1 Å². The number of thiophene rings is 1. The van der Waals surface area contributed by atoms with Crippen molar-refractivity contribution < 1.29 is 4.79 Å². The largest absolute Gasteiger partial charge is 0.352 e. The highest BCUT2D eigenvalue weighted by atomic mass is 32.1. The van der Waals surface area contributed by atoms with E-state index in [-0.39, 0.29) is 24.1 Å². The van der Waals surface area contributed by atoms with E-state index < -0.39 is 5.69 Å². The molecule has 3 aromatic rings. The van der Waals surface area contributed by atoms with Crippen molar-refractivity contribution in [3.63, 3.8) is 0 Å². The number of carbonyl (C=O) groups is 1. The number of amides is 1. The molecule has 1 amide bonds. The van der Waals surface area contributed by atoms with Gasteiger partial charge in [0, 0.05) is 10.9 Å². The molecule has 0 unspecified atom stereocenters. The molecule has 7 heteroatoms. The fourth-order valence-corrected chi connectivity index (χ4v) is 5.32. The van der Waals surface area contributed by atoms with Gasteiger partial charge in [0.2, 0.25) is 5.91 Å². The van der Waals surface area contributed by atoms with Crippen molar-refractivity contribution >= 4 is 27.5 Å². The van der Waals surface area contributed by atoms with Crippen LogP contribution in [0, 0.1) is 27.7 Å². The van der Waals surface area contributed by atoms with E-state index in [1.807, 2.05) is 39.8 Å². The van der Waals surface area contributed by atoms with Crippen LogP contribution in [0.1, 0.15) is 47.3 Å². The van der Waals surface area contributed by atoms with E-state index in [1.165, 1.54) is 20.5 Å². The van der Waals surface area contributed by atoms with Gasteiger partial charge in [-0.05, 0) is 69.4 Å². The molecule has 0 aliphatic heterocycles. The molecule has 0 spiro atoms. The van der Waals surface area contributed by atoms with Gasteiger partial charge in [-0.15, -0.1) is 11.3 Å². The van der Waals surface area contributed by atoms with Crippen LogP contribution in [0.15, 0.2) is 27.8 Å². The summed E-state index contributed by atoms with van der Waals surface area (Å²) in [7, 11) is 0. The van der Waals surface area contributed by atoms with Gasteiger partial charge >= 0.3 is 5.69 Å². The zero-order chi connectivity index (χ0) is 21.6. The number of aromatic nitrogens is 2. The molecular formula is C23H27N3O3S. The molecule has 0 radical (unpaired) electrons. The number of hydrogen-bond donors (Lipinski definition) is 1. The molecule has 1 aromatic carbocycles. The van der Waals surface area contributed by atoms with E-state index in [0.29, 0.717) is 15.9 Å². The molecule has 2 aromatic heterocycles.